The standard InChI is InChI=1S/C14H21N3OS2/c1-4-15-9-10-20-12(15)8-7-11-13(18)17(6-3)14(19)16(11)5-2/h7-8H,4-6,9-10H2,1-3H3. The molecule has 6 heteroatoms. The first kappa shape index (κ1) is 15.4. The first-order chi connectivity index (χ1) is 9.63. The lowest BCUT2D eigenvalue weighted by atomic mass is 10.3. The molecule has 2 saturated heterocycles. The number of carbonyl (C=O) groups excluding carboxylic acids is 1. The summed E-state index contributed by atoms with van der Waals surface area (Å²) in [4.78, 5) is 18.2. The first-order valence-corrected chi connectivity index (χ1v) is 8.46. The molecule has 0 aliphatic carbocycles. The second-order valence-corrected chi connectivity index (χ2v) is 6.04. The molecule has 0 aromatic rings. The van der Waals surface area contributed by atoms with E-state index in [9.17, 15) is 4.79 Å². The van der Waals surface area contributed by atoms with Crippen molar-refractivity contribution in [1.82, 2.24) is 14.7 Å². The molecule has 0 saturated carbocycles. The van der Waals surface area contributed by atoms with Gasteiger partial charge in [0.2, 0.25) is 0 Å². The maximum atomic E-state index is 12.4. The number of amides is 1. The van der Waals surface area contributed by atoms with Crippen molar-refractivity contribution >= 4 is 35.0 Å². The smallest absolute Gasteiger partial charge is 0.276 e. The number of nitrogens with zero attached hydrogens (tertiary/aromatic N) is 3. The molecule has 0 unspecified atom stereocenters. The molecule has 2 heterocycles. The van der Waals surface area contributed by atoms with Crippen LogP contribution in [0.25, 0.3) is 0 Å². The Morgan fingerprint density at radius 3 is 2.45 bits per heavy atom. The molecule has 0 aromatic carbocycles. The summed E-state index contributed by atoms with van der Waals surface area (Å²) >= 11 is 7.21. The van der Waals surface area contributed by atoms with Crippen LogP contribution in [-0.2, 0) is 4.79 Å². The van der Waals surface area contributed by atoms with Crippen molar-refractivity contribution in [3.63, 3.8) is 0 Å². The Bertz CT molecular complexity index is 473. The van der Waals surface area contributed by atoms with Gasteiger partial charge >= 0.3 is 0 Å². The molecule has 110 valence electrons. The fraction of sp³-hybridized carbons (Fsp3) is 0.571. The van der Waals surface area contributed by atoms with Crippen molar-refractivity contribution < 1.29 is 4.79 Å². The van der Waals surface area contributed by atoms with Gasteiger partial charge in [0.25, 0.3) is 5.91 Å². The summed E-state index contributed by atoms with van der Waals surface area (Å²) in [5.41, 5.74) is 0.690. The number of thioether (sulfide) groups is 1. The van der Waals surface area contributed by atoms with Crippen molar-refractivity contribution in [2.45, 2.75) is 20.8 Å². The van der Waals surface area contributed by atoms with Gasteiger partial charge < -0.3 is 9.80 Å². The van der Waals surface area contributed by atoms with E-state index < -0.39 is 0 Å². The third-order valence-electron chi connectivity index (χ3n) is 3.54. The SMILES string of the molecule is CCN1CCSC1=CC=C1C(=O)N(CC)C(=S)N1CC. The Morgan fingerprint density at radius 1 is 1.15 bits per heavy atom. The molecule has 2 aliphatic rings. The number of hydrogen-bond acceptors (Lipinski definition) is 4. The highest BCUT2D eigenvalue weighted by Gasteiger charge is 2.35. The molecule has 0 radical (unpaired) electrons. The predicted molar refractivity (Wildman–Crippen MR) is 88.2 cm³/mol. The zero-order valence-electron chi connectivity index (χ0n) is 12.3. The van der Waals surface area contributed by atoms with Crippen LogP contribution in [0.1, 0.15) is 20.8 Å². The lowest BCUT2D eigenvalue weighted by Crippen LogP contribution is -2.32. The number of carbonyl (C=O) groups is 1. The number of likely N-dealkylation sites (N-methyl/N-ethyl adjacent to an activating group) is 2. The minimum absolute atomic E-state index is 0.0160. The van der Waals surface area contributed by atoms with Gasteiger partial charge in [0.1, 0.15) is 5.70 Å². The Balaban J connectivity index is 2.26. The van der Waals surface area contributed by atoms with Crippen LogP contribution >= 0.6 is 24.0 Å². The van der Waals surface area contributed by atoms with E-state index in [1.807, 2.05) is 36.6 Å². The van der Waals surface area contributed by atoms with Crippen molar-refractivity contribution in [1.29, 1.82) is 0 Å². The van der Waals surface area contributed by atoms with Gasteiger partial charge in [-0.3, -0.25) is 9.69 Å². The molecule has 20 heavy (non-hydrogen) atoms. The van der Waals surface area contributed by atoms with E-state index in [0.29, 0.717) is 17.4 Å². The minimum atomic E-state index is 0.0160. The lowest BCUT2D eigenvalue weighted by Gasteiger charge is -2.17. The van der Waals surface area contributed by atoms with Crippen LogP contribution < -0.4 is 0 Å². The average molecular weight is 311 g/mol. The van der Waals surface area contributed by atoms with Crippen LogP contribution in [0.15, 0.2) is 22.9 Å². The van der Waals surface area contributed by atoms with Crippen LogP contribution in [0, 0.1) is 0 Å². The van der Waals surface area contributed by atoms with Crippen molar-refractivity contribution in [3.05, 3.63) is 22.9 Å². The summed E-state index contributed by atoms with van der Waals surface area (Å²) in [6.45, 7) is 9.56. The van der Waals surface area contributed by atoms with Crippen LogP contribution in [0.5, 0.6) is 0 Å². The fourth-order valence-corrected chi connectivity index (χ4v) is 3.94. The zero-order chi connectivity index (χ0) is 14.7. The molecule has 2 aliphatic heterocycles. The maximum absolute atomic E-state index is 12.4. The van der Waals surface area contributed by atoms with Crippen LogP contribution in [-0.4, -0.2) is 57.7 Å². The Kier molecular flexibility index (Phi) is 5.10. The molecule has 4 nitrogen and oxygen atoms in total. The van der Waals surface area contributed by atoms with Gasteiger partial charge in [-0.2, -0.15) is 0 Å². The van der Waals surface area contributed by atoms with E-state index in [2.05, 4.69) is 17.9 Å². The summed E-state index contributed by atoms with van der Waals surface area (Å²) in [6.07, 6.45) is 3.98. The van der Waals surface area contributed by atoms with Gasteiger partial charge in [0.05, 0.1) is 5.03 Å². The topological polar surface area (TPSA) is 26.8 Å². The largest absolute Gasteiger partial charge is 0.366 e. The number of thiocarbonyl (C=S) groups is 1. The van der Waals surface area contributed by atoms with E-state index in [4.69, 9.17) is 12.2 Å². The predicted octanol–water partition coefficient (Wildman–Crippen LogP) is 2.25. The monoisotopic (exact) mass is 311 g/mol. The van der Waals surface area contributed by atoms with Crippen LogP contribution in [0.3, 0.4) is 0 Å². The van der Waals surface area contributed by atoms with Crippen molar-refractivity contribution in [3.8, 4) is 0 Å². The van der Waals surface area contributed by atoms with Gasteiger partial charge in [0, 0.05) is 31.9 Å². The zero-order valence-corrected chi connectivity index (χ0v) is 13.9. The fourth-order valence-electron chi connectivity index (χ4n) is 2.41. The van der Waals surface area contributed by atoms with Gasteiger partial charge in [-0.05, 0) is 45.1 Å². The van der Waals surface area contributed by atoms with Crippen molar-refractivity contribution in [2.24, 2.45) is 0 Å². The minimum Gasteiger partial charge on any atom is -0.366 e. The number of allylic oxidation sites excluding steroid dienone is 2. The van der Waals surface area contributed by atoms with Crippen LogP contribution in [0.2, 0.25) is 0 Å². The van der Waals surface area contributed by atoms with Crippen molar-refractivity contribution in [2.75, 3.05) is 31.9 Å². The number of rotatable bonds is 4. The first-order valence-electron chi connectivity index (χ1n) is 7.07. The van der Waals surface area contributed by atoms with Gasteiger partial charge in [0.15, 0.2) is 5.11 Å². The maximum Gasteiger partial charge on any atom is 0.276 e. The molecule has 0 bridgehead atoms. The highest BCUT2D eigenvalue weighted by atomic mass is 32.2. The average Bonchev–Trinajstić information content (AvgIpc) is 2.99. The lowest BCUT2D eigenvalue weighted by molar-refractivity contribution is -0.122. The number of hydrogen-bond donors (Lipinski definition) is 0. The highest BCUT2D eigenvalue weighted by molar-refractivity contribution is 8.03. The summed E-state index contributed by atoms with van der Waals surface area (Å²) in [7, 11) is 0. The van der Waals surface area contributed by atoms with E-state index in [-0.39, 0.29) is 5.91 Å². The van der Waals surface area contributed by atoms with Gasteiger partial charge in [-0.1, -0.05) is 0 Å². The van der Waals surface area contributed by atoms with Gasteiger partial charge in [-0.15, -0.1) is 11.8 Å². The molecule has 0 aromatic heterocycles. The summed E-state index contributed by atoms with van der Waals surface area (Å²) < 4.78 is 0. The Morgan fingerprint density at radius 2 is 1.85 bits per heavy atom. The summed E-state index contributed by atoms with van der Waals surface area (Å²) in [6, 6.07) is 0. The molecule has 1 amide bonds. The summed E-state index contributed by atoms with van der Waals surface area (Å²) in [5.74, 6) is 1.13. The second-order valence-electron chi connectivity index (χ2n) is 4.56. The molecule has 2 rings (SSSR count). The van der Waals surface area contributed by atoms with E-state index in [1.54, 1.807) is 4.90 Å². The quantitative estimate of drug-likeness (QED) is 0.586. The molecule has 0 N–H and O–H groups in total. The molecular formula is C14H21N3OS2. The third-order valence-corrected chi connectivity index (χ3v) is 5.06. The Hall–Kier alpha value is -1.01. The summed E-state index contributed by atoms with van der Waals surface area (Å²) in [5, 5.41) is 1.86. The molecule has 0 spiro atoms. The van der Waals surface area contributed by atoms with Crippen LogP contribution in [0.4, 0.5) is 0 Å². The van der Waals surface area contributed by atoms with E-state index in [1.165, 1.54) is 5.03 Å². The highest BCUT2D eigenvalue weighted by Crippen LogP contribution is 2.28. The molecule has 2 fully saturated rings. The third kappa shape index (κ3) is 2.72. The van der Waals surface area contributed by atoms with E-state index >= 15 is 0 Å². The normalized spacial score (nSPS) is 23.9. The van der Waals surface area contributed by atoms with E-state index in [0.717, 1.165) is 25.4 Å². The molecule has 0 atom stereocenters. The Labute approximate surface area is 130 Å². The molecular weight excluding hydrogens is 290 g/mol. The van der Waals surface area contributed by atoms with Gasteiger partial charge in [-0.25, -0.2) is 0 Å². The second kappa shape index (κ2) is 6.63.